The first-order valence-corrected chi connectivity index (χ1v) is 6.68. The summed E-state index contributed by atoms with van der Waals surface area (Å²) in [5, 5.41) is 23.8. The molecule has 0 aliphatic carbocycles. The SMILES string of the molecule is Cc1cc(NCC(O)C2CCOCC2)ncc1[N+](=O)[O-]. The number of aromatic nitrogens is 1. The van der Waals surface area contributed by atoms with Gasteiger partial charge in [-0.1, -0.05) is 0 Å². The molecule has 0 saturated carbocycles. The van der Waals surface area contributed by atoms with Crippen LogP contribution in [0.4, 0.5) is 11.5 Å². The van der Waals surface area contributed by atoms with Gasteiger partial charge < -0.3 is 15.2 Å². The van der Waals surface area contributed by atoms with Crippen LogP contribution in [0.2, 0.25) is 0 Å². The predicted octanol–water partition coefficient (Wildman–Crippen LogP) is 1.50. The molecule has 1 atom stereocenters. The zero-order valence-electron chi connectivity index (χ0n) is 11.4. The van der Waals surface area contributed by atoms with Crippen LogP contribution in [0.5, 0.6) is 0 Å². The van der Waals surface area contributed by atoms with E-state index in [-0.39, 0.29) is 11.6 Å². The summed E-state index contributed by atoms with van der Waals surface area (Å²) in [6, 6.07) is 1.62. The highest BCUT2D eigenvalue weighted by molar-refractivity contribution is 5.46. The molecule has 0 amide bonds. The molecule has 0 spiro atoms. The van der Waals surface area contributed by atoms with Crippen molar-refractivity contribution in [3.8, 4) is 0 Å². The van der Waals surface area contributed by atoms with Crippen LogP contribution in [0, 0.1) is 23.0 Å². The molecular formula is C13H19N3O4. The van der Waals surface area contributed by atoms with Crippen molar-refractivity contribution in [3.05, 3.63) is 27.9 Å². The molecular weight excluding hydrogens is 262 g/mol. The van der Waals surface area contributed by atoms with Crippen molar-refractivity contribution in [1.82, 2.24) is 4.98 Å². The number of hydrogen-bond donors (Lipinski definition) is 2. The molecule has 1 aromatic rings. The minimum atomic E-state index is -0.462. The van der Waals surface area contributed by atoms with E-state index in [0.29, 0.717) is 31.1 Å². The highest BCUT2D eigenvalue weighted by atomic mass is 16.6. The van der Waals surface area contributed by atoms with Crippen molar-refractivity contribution in [2.75, 3.05) is 25.1 Å². The zero-order chi connectivity index (χ0) is 14.5. The number of rotatable bonds is 5. The van der Waals surface area contributed by atoms with Gasteiger partial charge in [-0.2, -0.15) is 0 Å². The van der Waals surface area contributed by atoms with Gasteiger partial charge in [0, 0.05) is 25.3 Å². The van der Waals surface area contributed by atoms with E-state index in [9.17, 15) is 15.2 Å². The number of aliphatic hydroxyl groups excluding tert-OH is 1. The summed E-state index contributed by atoms with van der Waals surface area (Å²) in [4.78, 5) is 14.2. The first-order chi connectivity index (χ1) is 9.58. The molecule has 2 heterocycles. The third-order valence-corrected chi connectivity index (χ3v) is 3.58. The molecule has 1 saturated heterocycles. The van der Waals surface area contributed by atoms with Gasteiger partial charge in [-0.25, -0.2) is 4.98 Å². The highest BCUT2D eigenvalue weighted by Gasteiger charge is 2.22. The first kappa shape index (κ1) is 14.7. The number of nitro groups is 1. The van der Waals surface area contributed by atoms with Gasteiger partial charge in [0.25, 0.3) is 5.69 Å². The van der Waals surface area contributed by atoms with Gasteiger partial charge in [-0.05, 0) is 31.7 Å². The molecule has 20 heavy (non-hydrogen) atoms. The fraction of sp³-hybridized carbons (Fsp3) is 0.615. The fourth-order valence-corrected chi connectivity index (χ4v) is 2.31. The number of ether oxygens (including phenoxy) is 1. The second-order valence-corrected chi connectivity index (χ2v) is 5.01. The molecule has 1 aliphatic heterocycles. The molecule has 0 radical (unpaired) electrons. The Balaban J connectivity index is 1.90. The molecule has 1 fully saturated rings. The summed E-state index contributed by atoms with van der Waals surface area (Å²) in [6.07, 6.45) is 2.49. The van der Waals surface area contributed by atoms with Crippen molar-refractivity contribution in [1.29, 1.82) is 0 Å². The maximum atomic E-state index is 10.7. The summed E-state index contributed by atoms with van der Waals surface area (Å²) in [5.74, 6) is 0.773. The summed E-state index contributed by atoms with van der Waals surface area (Å²) < 4.78 is 5.26. The maximum Gasteiger partial charge on any atom is 0.290 e. The molecule has 0 aromatic carbocycles. The number of aryl methyl sites for hydroxylation is 1. The lowest BCUT2D eigenvalue weighted by atomic mass is 9.94. The summed E-state index contributed by atoms with van der Waals surface area (Å²) in [6.45, 7) is 3.43. The number of anilines is 1. The Morgan fingerprint density at radius 3 is 2.90 bits per heavy atom. The lowest BCUT2D eigenvalue weighted by Gasteiger charge is -2.26. The van der Waals surface area contributed by atoms with Crippen LogP contribution in [-0.2, 0) is 4.74 Å². The Morgan fingerprint density at radius 1 is 1.60 bits per heavy atom. The van der Waals surface area contributed by atoms with E-state index in [0.717, 1.165) is 12.8 Å². The average Bonchev–Trinajstić information content (AvgIpc) is 2.45. The number of nitrogens with zero attached hydrogens (tertiary/aromatic N) is 2. The maximum absolute atomic E-state index is 10.7. The summed E-state index contributed by atoms with van der Waals surface area (Å²) in [7, 11) is 0. The Kier molecular flexibility index (Phi) is 4.86. The largest absolute Gasteiger partial charge is 0.391 e. The number of nitrogens with one attached hydrogen (secondary N) is 1. The third kappa shape index (κ3) is 3.64. The van der Waals surface area contributed by atoms with E-state index in [1.165, 1.54) is 6.20 Å². The smallest absolute Gasteiger partial charge is 0.290 e. The number of aliphatic hydroxyl groups is 1. The van der Waals surface area contributed by atoms with Crippen LogP contribution < -0.4 is 5.32 Å². The van der Waals surface area contributed by atoms with E-state index in [1.807, 2.05) is 0 Å². The van der Waals surface area contributed by atoms with Crippen LogP contribution in [0.25, 0.3) is 0 Å². The van der Waals surface area contributed by atoms with Gasteiger partial charge in [0.2, 0.25) is 0 Å². The second kappa shape index (κ2) is 6.62. The lowest BCUT2D eigenvalue weighted by Crippen LogP contribution is -2.32. The third-order valence-electron chi connectivity index (χ3n) is 3.58. The minimum Gasteiger partial charge on any atom is -0.391 e. The Morgan fingerprint density at radius 2 is 2.30 bits per heavy atom. The Labute approximate surface area is 117 Å². The quantitative estimate of drug-likeness (QED) is 0.627. The average molecular weight is 281 g/mol. The zero-order valence-corrected chi connectivity index (χ0v) is 11.4. The van der Waals surface area contributed by atoms with Crippen LogP contribution in [-0.4, -0.2) is 40.9 Å². The normalized spacial score (nSPS) is 17.7. The molecule has 1 aromatic heterocycles. The van der Waals surface area contributed by atoms with Gasteiger partial charge in [-0.3, -0.25) is 10.1 Å². The molecule has 2 rings (SSSR count). The molecule has 1 unspecified atom stereocenters. The van der Waals surface area contributed by atoms with E-state index in [2.05, 4.69) is 10.3 Å². The van der Waals surface area contributed by atoms with Crippen LogP contribution in [0.15, 0.2) is 12.3 Å². The van der Waals surface area contributed by atoms with Gasteiger partial charge >= 0.3 is 0 Å². The fourth-order valence-electron chi connectivity index (χ4n) is 2.31. The lowest BCUT2D eigenvalue weighted by molar-refractivity contribution is -0.385. The monoisotopic (exact) mass is 281 g/mol. The van der Waals surface area contributed by atoms with Gasteiger partial charge in [0.05, 0.1) is 11.0 Å². The van der Waals surface area contributed by atoms with Crippen molar-refractivity contribution in [3.63, 3.8) is 0 Å². The van der Waals surface area contributed by atoms with Crippen molar-refractivity contribution in [2.24, 2.45) is 5.92 Å². The van der Waals surface area contributed by atoms with E-state index >= 15 is 0 Å². The molecule has 7 nitrogen and oxygen atoms in total. The molecule has 2 N–H and O–H groups in total. The minimum absolute atomic E-state index is 0.000489. The molecule has 1 aliphatic rings. The first-order valence-electron chi connectivity index (χ1n) is 6.68. The Hall–Kier alpha value is -1.73. The van der Waals surface area contributed by atoms with Crippen LogP contribution >= 0.6 is 0 Å². The van der Waals surface area contributed by atoms with Crippen LogP contribution in [0.1, 0.15) is 18.4 Å². The standard InChI is InChI=1S/C13H19N3O4/c1-9-6-13(14-7-11(9)16(18)19)15-8-12(17)10-2-4-20-5-3-10/h6-7,10,12,17H,2-5,8H2,1H3,(H,14,15). The molecule has 0 bridgehead atoms. The van der Waals surface area contributed by atoms with Crippen molar-refractivity contribution >= 4 is 11.5 Å². The van der Waals surface area contributed by atoms with E-state index < -0.39 is 11.0 Å². The molecule has 7 heteroatoms. The number of pyridine rings is 1. The van der Waals surface area contributed by atoms with Gasteiger partial charge in [0.15, 0.2) is 0 Å². The van der Waals surface area contributed by atoms with E-state index in [1.54, 1.807) is 13.0 Å². The summed E-state index contributed by atoms with van der Waals surface area (Å²) in [5.41, 5.74) is 0.550. The highest BCUT2D eigenvalue weighted by Crippen LogP contribution is 2.21. The summed E-state index contributed by atoms with van der Waals surface area (Å²) >= 11 is 0. The molecule has 110 valence electrons. The Bertz CT molecular complexity index is 475. The second-order valence-electron chi connectivity index (χ2n) is 5.01. The van der Waals surface area contributed by atoms with E-state index in [4.69, 9.17) is 4.74 Å². The van der Waals surface area contributed by atoms with Gasteiger partial charge in [-0.15, -0.1) is 0 Å². The van der Waals surface area contributed by atoms with Crippen LogP contribution in [0.3, 0.4) is 0 Å². The van der Waals surface area contributed by atoms with Crippen molar-refractivity contribution < 1.29 is 14.8 Å². The van der Waals surface area contributed by atoms with Crippen molar-refractivity contribution in [2.45, 2.75) is 25.9 Å². The topological polar surface area (TPSA) is 97.5 Å². The van der Waals surface area contributed by atoms with Gasteiger partial charge in [0.1, 0.15) is 12.0 Å². The predicted molar refractivity (Wildman–Crippen MR) is 73.7 cm³/mol. The number of hydrogen-bond acceptors (Lipinski definition) is 6.